The Balaban J connectivity index is -0.0000000575. The van der Waals surface area contributed by atoms with Crippen molar-refractivity contribution in [3.8, 4) is 5.97 Å². The Kier molecular flexibility index (Phi) is 30.8. The average molecular weight is 145 g/mol. The molecule has 0 unspecified atom stereocenters. The summed E-state index contributed by atoms with van der Waals surface area (Å²) in [4.78, 5) is 0. The predicted molar refractivity (Wildman–Crippen MR) is 28.7 cm³/mol. The molecular formula is C4H8BNOTi. The van der Waals surface area contributed by atoms with Crippen molar-refractivity contribution in [3.63, 3.8) is 0 Å². The Bertz CT molecular complexity index is 58.8. The van der Waals surface area contributed by atoms with E-state index in [1.165, 1.54) is 5.97 Å². The molecule has 0 amide bonds. The fourth-order valence-corrected chi connectivity index (χ4v) is 0. The van der Waals surface area contributed by atoms with Crippen LogP contribution in [0.5, 0.6) is 0 Å². The molecule has 8 heavy (non-hydrogen) atoms. The van der Waals surface area contributed by atoms with E-state index in [4.69, 9.17) is 10.4 Å². The monoisotopic (exact) mass is 145 g/mol. The van der Waals surface area contributed by atoms with E-state index in [0.29, 0.717) is 0 Å². The summed E-state index contributed by atoms with van der Waals surface area (Å²) in [5.74, 6) is 1.25. The first kappa shape index (κ1) is 15.7. The zero-order valence-corrected chi connectivity index (χ0v) is 6.61. The van der Waals surface area contributed by atoms with Crippen molar-refractivity contribution in [1.82, 2.24) is 0 Å². The third-order valence-electron chi connectivity index (χ3n) is 0. The van der Waals surface area contributed by atoms with Crippen LogP contribution < -0.4 is 0 Å². The molecule has 0 aliphatic carbocycles. The van der Waals surface area contributed by atoms with Crippen molar-refractivity contribution in [2.45, 2.75) is 20.0 Å². The molecule has 0 bridgehead atoms. The second kappa shape index (κ2) is 15.7. The second-order valence-electron chi connectivity index (χ2n) is 1.22. The first-order valence-electron chi connectivity index (χ1n) is 1.93. The van der Waals surface area contributed by atoms with Crippen LogP contribution in [0.2, 0.25) is 0 Å². The molecule has 42 valence electrons. The van der Waals surface area contributed by atoms with Crippen LogP contribution in [0.15, 0.2) is 0 Å². The van der Waals surface area contributed by atoms with Gasteiger partial charge in [-0.2, -0.15) is 0 Å². The molecule has 0 heterocycles. The topological polar surface area (TPSA) is 44.0 Å². The minimum atomic E-state index is -0.167. The van der Waals surface area contributed by atoms with Gasteiger partial charge in [-0.15, -0.1) is 0 Å². The van der Waals surface area contributed by atoms with Gasteiger partial charge < -0.3 is 5.11 Å². The van der Waals surface area contributed by atoms with E-state index in [9.17, 15) is 0 Å². The first-order chi connectivity index (χ1) is 3.15. The molecule has 2 radical (unpaired) electrons. The van der Waals surface area contributed by atoms with Crippen molar-refractivity contribution in [3.05, 3.63) is 0 Å². The van der Waals surface area contributed by atoms with Crippen LogP contribution in [0.3, 0.4) is 0 Å². The largest absolute Gasteiger partial charge is 0.394 e. The predicted octanol–water partition coefficient (Wildman–Crippen LogP) is 0.0206. The molecule has 0 aromatic rings. The molecular weight excluding hydrogens is 137 g/mol. The minimum Gasteiger partial charge on any atom is -0.394 e. The van der Waals surface area contributed by atoms with Gasteiger partial charge in [0.1, 0.15) is 0 Å². The van der Waals surface area contributed by atoms with E-state index in [2.05, 4.69) is 7.85 Å². The van der Waals surface area contributed by atoms with E-state index in [0.717, 1.165) is 0 Å². The summed E-state index contributed by atoms with van der Waals surface area (Å²) < 4.78 is 0. The molecule has 0 atom stereocenters. The van der Waals surface area contributed by atoms with Crippen LogP contribution in [0.4, 0.5) is 0 Å². The number of hydrogen-bond donors (Lipinski definition) is 1. The first-order valence-corrected chi connectivity index (χ1v) is 1.93. The number of aliphatic hydroxyl groups is 1. The Labute approximate surface area is 66.2 Å². The van der Waals surface area contributed by atoms with Crippen LogP contribution in [0.25, 0.3) is 0 Å². The summed E-state index contributed by atoms with van der Waals surface area (Å²) in [6.07, 6.45) is -0.167. The quantitative estimate of drug-likeness (QED) is 0.488. The maximum Gasteiger partial charge on any atom is 0.229 e. The SMILES string of the molecule is CC(C)O.[B]C#N.[Ti]. The molecule has 0 saturated heterocycles. The third kappa shape index (κ3) is 3240. The molecule has 1 N–H and O–H groups in total. The number of hydrogen-bond acceptors (Lipinski definition) is 2. The maximum absolute atomic E-state index is 8.06. The smallest absolute Gasteiger partial charge is 0.229 e. The minimum absolute atomic E-state index is 0. The van der Waals surface area contributed by atoms with Gasteiger partial charge in [-0.1, -0.05) is 0 Å². The fourth-order valence-electron chi connectivity index (χ4n) is 0. The molecule has 0 fully saturated rings. The van der Waals surface area contributed by atoms with Crippen LogP contribution in [0.1, 0.15) is 13.8 Å². The molecule has 0 spiro atoms. The van der Waals surface area contributed by atoms with Gasteiger partial charge in [0.15, 0.2) is 0 Å². The van der Waals surface area contributed by atoms with Crippen molar-refractivity contribution in [1.29, 1.82) is 5.26 Å². The molecule has 4 heteroatoms. The zero-order valence-electron chi connectivity index (χ0n) is 5.05. The Hall–Kier alpha value is 0.229. The molecule has 2 nitrogen and oxygen atoms in total. The van der Waals surface area contributed by atoms with E-state index >= 15 is 0 Å². The molecule has 0 aromatic carbocycles. The Morgan fingerprint density at radius 2 is 1.62 bits per heavy atom. The van der Waals surface area contributed by atoms with Gasteiger partial charge in [-0.05, 0) is 19.8 Å². The third-order valence-corrected chi connectivity index (χ3v) is 0. The van der Waals surface area contributed by atoms with Crippen LogP contribution >= 0.6 is 0 Å². The standard InChI is InChI=1S/C3H8O.CBN.Ti/c1-3(2)4;2-1-3;/h3-4H,1-2H3;;. The van der Waals surface area contributed by atoms with E-state index in [-0.39, 0.29) is 27.8 Å². The zero-order chi connectivity index (χ0) is 6.28. The van der Waals surface area contributed by atoms with Crippen molar-refractivity contribution in [2.75, 3.05) is 0 Å². The van der Waals surface area contributed by atoms with E-state index in [1.807, 2.05) is 0 Å². The number of nitrogens with zero attached hydrogens (tertiary/aromatic N) is 1. The Morgan fingerprint density at radius 1 is 1.62 bits per heavy atom. The summed E-state index contributed by atoms with van der Waals surface area (Å²) in [5.41, 5.74) is 0. The summed E-state index contributed by atoms with van der Waals surface area (Å²) in [5, 5.41) is 15.2. The van der Waals surface area contributed by atoms with Gasteiger partial charge in [-0.25, -0.2) is 5.26 Å². The van der Waals surface area contributed by atoms with Gasteiger partial charge >= 0.3 is 0 Å². The second-order valence-corrected chi connectivity index (χ2v) is 1.22. The summed E-state index contributed by atoms with van der Waals surface area (Å²) in [7, 11) is 4.15. The number of nitriles is 1. The molecule has 0 saturated carbocycles. The maximum atomic E-state index is 8.06. The fraction of sp³-hybridized carbons (Fsp3) is 0.750. The molecule has 0 aliphatic rings. The summed E-state index contributed by atoms with van der Waals surface area (Å²) in [6, 6.07) is 0. The van der Waals surface area contributed by atoms with Crippen molar-refractivity contribution in [2.24, 2.45) is 0 Å². The molecule has 0 rings (SSSR count). The van der Waals surface area contributed by atoms with Crippen molar-refractivity contribution >= 4 is 7.85 Å². The van der Waals surface area contributed by atoms with Crippen molar-refractivity contribution < 1.29 is 26.8 Å². The Morgan fingerprint density at radius 3 is 1.62 bits per heavy atom. The van der Waals surface area contributed by atoms with Crippen LogP contribution in [-0.4, -0.2) is 19.1 Å². The van der Waals surface area contributed by atoms with Gasteiger partial charge in [0, 0.05) is 27.8 Å². The average Bonchev–Trinajstić information content (AvgIpc) is 1.33. The van der Waals surface area contributed by atoms with E-state index < -0.39 is 0 Å². The summed E-state index contributed by atoms with van der Waals surface area (Å²) in [6.45, 7) is 3.44. The number of aliphatic hydroxyl groups excluding tert-OH is 1. The molecule has 0 aliphatic heterocycles. The summed E-state index contributed by atoms with van der Waals surface area (Å²) >= 11 is 0. The van der Waals surface area contributed by atoms with Crippen LogP contribution in [0, 0.1) is 11.2 Å². The van der Waals surface area contributed by atoms with Gasteiger partial charge in [-0.3, -0.25) is 0 Å². The molecule has 0 aromatic heterocycles. The van der Waals surface area contributed by atoms with Gasteiger partial charge in [0.2, 0.25) is 7.85 Å². The number of rotatable bonds is 0. The van der Waals surface area contributed by atoms with Gasteiger partial charge in [0.05, 0.1) is 0 Å². The van der Waals surface area contributed by atoms with Gasteiger partial charge in [0.25, 0.3) is 0 Å². The van der Waals surface area contributed by atoms with E-state index in [1.54, 1.807) is 13.8 Å². The van der Waals surface area contributed by atoms with Crippen LogP contribution in [-0.2, 0) is 21.7 Å². The normalized spacial score (nSPS) is 5.38.